The van der Waals surface area contributed by atoms with E-state index in [0.29, 0.717) is 6.04 Å². The topological polar surface area (TPSA) is 38.3 Å². The number of carbonyl (C=O) groups is 1. The van der Waals surface area contributed by atoms with E-state index in [4.69, 9.17) is 4.74 Å². The van der Waals surface area contributed by atoms with E-state index in [1.54, 1.807) is 0 Å². The Morgan fingerprint density at radius 2 is 1.89 bits per heavy atom. The third-order valence-corrected chi connectivity index (χ3v) is 4.09. The molecule has 1 N–H and O–H groups in total. The number of benzene rings is 1. The molecule has 0 aliphatic heterocycles. The number of halogens is 1. The zero-order chi connectivity index (χ0) is 13.7. The van der Waals surface area contributed by atoms with Crippen LogP contribution in [0.15, 0.2) is 28.7 Å². The Morgan fingerprint density at radius 1 is 1.26 bits per heavy atom. The maximum absolute atomic E-state index is 11.8. The minimum absolute atomic E-state index is 0.0255. The van der Waals surface area contributed by atoms with E-state index in [1.807, 2.05) is 24.3 Å². The van der Waals surface area contributed by atoms with Crippen molar-refractivity contribution in [3.63, 3.8) is 0 Å². The molecule has 0 bridgehead atoms. The fraction of sp³-hybridized carbons (Fsp3) is 0.533. The van der Waals surface area contributed by atoms with Crippen LogP contribution >= 0.6 is 15.9 Å². The van der Waals surface area contributed by atoms with Gasteiger partial charge in [-0.1, -0.05) is 22.9 Å². The van der Waals surface area contributed by atoms with Gasteiger partial charge in [0.25, 0.3) is 5.91 Å². The fourth-order valence-electron chi connectivity index (χ4n) is 2.35. The summed E-state index contributed by atoms with van der Waals surface area (Å²) in [6.07, 6.45) is 4.59. The summed E-state index contributed by atoms with van der Waals surface area (Å²) in [6, 6.07) is 7.82. The molecule has 19 heavy (non-hydrogen) atoms. The van der Waals surface area contributed by atoms with Gasteiger partial charge >= 0.3 is 0 Å². The Bertz CT molecular complexity index is 411. The van der Waals surface area contributed by atoms with E-state index >= 15 is 0 Å². The number of amides is 1. The summed E-state index contributed by atoms with van der Waals surface area (Å²) in [5.41, 5.74) is 0. The number of carbonyl (C=O) groups excluding carboxylic acids is 1. The maximum atomic E-state index is 11.8. The lowest BCUT2D eigenvalue weighted by Crippen LogP contribution is -2.39. The van der Waals surface area contributed by atoms with E-state index in [0.717, 1.165) is 29.0 Å². The molecule has 104 valence electrons. The number of rotatable bonds is 4. The van der Waals surface area contributed by atoms with Gasteiger partial charge in [0, 0.05) is 10.5 Å². The first-order valence-electron chi connectivity index (χ1n) is 6.81. The third-order valence-electron chi connectivity index (χ3n) is 3.56. The van der Waals surface area contributed by atoms with Crippen LogP contribution in [-0.4, -0.2) is 18.6 Å². The first-order chi connectivity index (χ1) is 9.13. The molecule has 0 spiro atoms. The summed E-state index contributed by atoms with van der Waals surface area (Å²) < 4.78 is 6.45. The van der Waals surface area contributed by atoms with E-state index in [2.05, 4.69) is 28.2 Å². The molecule has 1 saturated carbocycles. The second kappa shape index (κ2) is 6.94. The monoisotopic (exact) mass is 325 g/mol. The van der Waals surface area contributed by atoms with Crippen LogP contribution in [0.3, 0.4) is 0 Å². The Morgan fingerprint density at radius 3 is 2.53 bits per heavy atom. The van der Waals surface area contributed by atoms with Crippen molar-refractivity contribution in [3.8, 4) is 5.75 Å². The van der Waals surface area contributed by atoms with Crippen molar-refractivity contribution < 1.29 is 9.53 Å². The quantitative estimate of drug-likeness (QED) is 0.919. The van der Waals surface area contributed by atoms with Crippen LogP contribution in [0.1, 0.15) is 32.6 Å². The summed E-state index contributed by atoms with van der Waals surface area (Å²) in [5.74, 6) is 1.49. The molecule has 3 nitrogen and oxygen atoms in total. The average molecular weight is 326 g/mol. The van der Waals surface area contributed by atoms with Gasteiger partial charge in [0.2, 0.25) is 0 Å². The molecule has 0 unspecified atom stereocenters. The van der Waals surface area contributed by atoms with Gasteiger partial charge in [0.1, 0.15) is 5.75 Å². The van der Waals surface area contributed by atoms with Crippen molar-refractivity contribution in [3.05, 3.63) is 28.7 Å². The van der Waals surface area contributed by atoms with Crippen LogP contribution in [-0.2, 0) is 4.79 Å². The zero-order valence-corrected chi connectivity index (χ0v) is 12.8. The van der Waals surface area contributed by atoms with Gasteiger partial charge < -0.3 is 10.1 Å². The van der Waals surface area contributed by atoms with Crippen LogP contribution in [0.4, 0.5) is 0 Å². The van der Waals surface area contributed by atoms with E-state index in [9.17, 15) is 4.79 Å². The van der Waals surface area contributed by atoms with Gasteiger partial charge in [-0.15, -0.1) is 0 Å². The molecule has 0 saturated heterocycles. The number of nitrogens with one attached hydrogen (secondary N) is 1. The molecule has 1 amide bonds. The number of hydrogen-bond acceptors (Lipinski definition) is 2. The minimum Gasteiger partial charge on any atom is -0.484 e. The summed E-state index contributed by atoms with van der Waals surface area (Å²) in [6.45, 7) is 2.36. The highest BCUT2D eigenvalue weighted by molar-refractivity contribution is 9.10. The average Bonchev–Trinajstić information content (AvgIpc) is 2.41. The van der Waals surface area contributed by atoms with Crippen LogP contribution in [0.5, 0.6) is 5.75 Å². The highest BCUT2D eigenvalue weighted by Gasteiger charge is 2.19. The van der Waals surface area contributed by atoms with E-state index in [1.165, 1.54) is 12.8 Å². The predicted octanol–water partition coefficient (Wildman–Crippen LogP) is 3.52. The second-order valence-corrected chi connectivity index (χ2v) is 6.18. The molecular weight excluding hydrogens is 306 g/mol. The van der Waals surface area contributed by atoms with Crippen LogP contribution < -0.4 is 10.1 Å². The number of ether oxygens (including phenoxy) is 1. The second-order valence-electron chi connectivity index (χ2n) is 5.27. The molecule has 0 aromatic heterocycles. The van der Waals surface area contributed by atoms with E-state index in [-0.39, 0.29) is 12.5 Å². The Kier molecular flexibility index (Phi) is 5.25. The van der Waals surface area contributed by atoms with Gasteiger partial charge in [0.15, 0.2) is 6.61 Å². The van der Waals surface area contributed by atoms with Crippen molar-refractivity contribution in [1.82, 2.24) is 5.32 Å². The van der Waals surface area contributed by atoms with Crippen molar-refractivity contribution >= 4 is 21.8 Å². The van der Waals surface area contributed by atoms with Gasteiger partial charge in [-0.3, -0.25) is 4.79 Å². The molecule has 2 rings (SSSR count). The predicted molar refractivity (Wildman–Crippen MR) is 79.2 cm³/mol. The molecule has 4 heteroatoms. The van der Waals surface area contributed by atoms with Crippen LogP contribution in [0.25, 0.3) is 0 Å². The fourth-order valence-corrected chi connectivity index (χ4v) is 2.62. The standard InChI is InChI=1S/C15H20BrNO2/c1-11-2-6-13(7-3-11)17-15(18)10-19-14-8-4-12(16)5-9-14/h4-5,8-9,11,13H,2-3,6-7,10H2,1H3,(H,17,18). The zero-order valence-electron chi connectivity index (χ0n) is 11.2. The van der Waals surface area contributed by atoms with Crippen LogP contribution in [0, 0.1) is 5.92 Å². The smallest absolute Gasteiger partial charge is 0.258 e. The summed E-state index contributed by atoms with van der Waals surface area (Å²) in [5, 5.41) is 3.05. The summed E-state index contributed by atoms with van der Waals surface area (Å²) in [7, 11) is 0. The van der Waals surface area contributed by atoms with Crippen molar-refractivity contribution in [2.75, 3.05) is 6.61 Å². The molecule has 0 radical (unpaired) electrons. The van der Waals surface area contributed by atoms with Crippen molar-refractivity contribution in [2.45, 2.75) is 38.6 Å². The van der Waals surface area contributed by atoms with Crippen molar-refractivity contribution in [1.29, 1.82) is 0 Å². The lowest BCUT2D eigenvalue weighted by molar-refractivity contribution is -0.124. The van der Waals surface area contributed by atoms with Gasteiger partial charge in [-0.2, -0.15) is 0 Å². The van der Waals surface area contributed by atoms with Gasteiger partial charge in [-0.25, -0.2) is 0 Å². The number of hydrogen-bond donors (Lipinski definition) is 1. The highest BCUT2D eigenvalue weighted by Crippen LogP contribution is 2.23. The molecule has 1 aromatic carbocycles. The highest BCUT2D eigenvalue weighted by atomic mass is 79.9. The SMILES string of the molecule is CC1CCC(NC(=O)COc2ccc(Br)cc2)CC1. The Hall–Kier alpha value is -1.03. The van der Waals surface area contributed by atoms with Gasteiger partial charge in [-0.05, 0) is 55.9 Å². The lowest BCUT2D eigenvalue weighted by atomic mass is 9.87. The molecular formula is C15H20BrNO2. The Labute approximate surface area is 122 Å². The molecule has 1 aliphatic carbocycles. The van der Waals surface area contributed by atoms with Crippen LogP contribution in [0.2, 0.25) is 0 Å². The Balaban J connectivity index is 1.71. The van der Waals surface area contributed by atoms with Gasteiger partial charge in [0.05, 0.1) is 0 Å². The normalized spacial score (nSPS) is 22.8. The first kappa shape index (κ1) is 14.4. The summed E-state index contributed by atoms with van der Waals surface area (Å²) >= 11 is 3.36. The third kappa shape index (κ3) is 4.86. The first-order valence-corrected chi connectivity index (χ1v) is 7.60. The molecule has 1 fully saturated rings. The molecule has 1 aliphatic rings. The molecule has 0 atom stereocenters. The van der Waals surface area contributed by atoms with Crippen molar-refractivity contribution in [2.24, 2.45) is 5.92 Å². The minimum atomic E-state index is -0.0255. The molecule has 0 heterocycles. The lowest BCUT2D eigenvalue weighted by Gasteiger charge is -2.26. The molecule has 1 aromatic rings. The largest absolute Gasteiger partial charge is 0.484 e. The maximum Gasteiger partial charge on any atom is 0.258 e. The van der Waals surface area contributed by atoms with E-state index < -0.39 is 0 Å². The summed E-state index contributed by atoms with van der Waals surface area (Å²) in [4.78, 5) is 11.8.